The van der Waals surface area contributed by atoms with Crippen LogP contribution in [0.1, 0.15) is 61.3 Å². The van der Waals surface area contributed by atoms with Crippen molar-refractivity contribution in [2.75, 3.05) is 6.54 Å². The summed E-state index contributed by atoms with van der Waals surface area (Å²) in [7, 11) is 0. The van der Waals surface area contributed by atoms with Gasteiger partial charge < -0.3 is 5.32 Å². The Kier molecular flexibility index (Phi) is 10.2. The molecule has 1 N–H and O–H groups in total. The van der Waals surface area contributed by atoms with E-state index in [2.05, 4.69) is 53.8 Å². The number of hydrogen-bond acceptors (Lipinski definition) is 1. The second kappa shape index (κ2) is 8.55. The monoisotopic (exact) mass is 187 g/mol. The summed E-state index contributed by atoms with van der Waals surface area (Å²) in [5.74, 6) is 0. The van der Waals surface area contributed by atoms with E-state index in [0.29, 0.717) is 11.5 Å². The second-order valence-corrected chi connectivity index (χ2v) is 5.13. The van der Waals surface area contributed by atoms with Crippen LogP contribution in [-0.2, 0) is 0 Å². The van der Waals surface area contributed by atoms with Crippen LogP contribution in [0.15, 0.2) is 0 Å². The SMILES string of the molecule is CC(C)NCCC(C)(C)C.CCC. The zero-order valence-electron chi connectivity index (χ0n) is 10.7. The molecule has 0 aromatic rings. The van der Waals surface area contributed by atoms with Crippen LogP contribution < -0.4 is 5.32 Å². The summed E-state index contributed by atoms with van der Waals surface area (Å²) in [4.78, 5) is 0. The first-order chi connectivity index (χ1) is 5.83. The van der Waals surface area contributed by atoms with Gasteiger partial charge in [-0.25, -0.2) is 0 Å². The number of rotatable bonds is 3. The molecule has 0 amide bonds. The first kappa shape index (κ1) is 15.4. The van der Waals surface area contributed by atoms with Gasteiger partial charge >= 0.3 is 0 Å². The molecule has 0 aliphatic heterocycles. The molecule has 0 rings (SSSR count). The molecule has 13 heavy (non-hydrogen) atoms. The lowest BCUT2D eigenvalue weighted by Crippen LogP contribution is -2.26. The van der Waals surface area contributed by atoms with Gasteiger partial charge in [-0.05, 0) is 18.4 Å². The first-order valence-corrected chi connectivity index (χ1v) is 5.56. The molecular weight excluding hydrogens is 158 g/mol. The van der Waals surface area contributed by atoms with Crippen molar-refractivity contribution in [1.82, 2.24) is 5.32 Å². The van der Waals surface area contributed by atoms with E-state index < -0.39 is 0 Å². The Morgan fingerprint density at radius 2 is 1.46 bits per heavy atom. The van der Waals surface area contributed by atoms with E-state index >= 15 is 0 Å². The summed E-state index contributed by atoms with van der Waals surface area (Å²) in [6.45, 7) is 16.6. The minimum absolute atomic E-state index is 0.474. The van der Waals surface area contributed by atoms with Crippen molar-refractivity contribution in [3.8, 4) is 0 Å². The Balaban J connectivity index is 0. The fraction of sp³-hybridized carbons (Fsp3) is 1.00. The molecule has 1 nitrogen and oxygen atoms in total. The zero-order valence-corrected chi connectivity index (χ0v) is 10.7. The molecule has 0 radical (unpaired) electrons. The maximum atomic E-state index is 3.40. The molecule has 0 spiro atoms. The standard InChI is InChI=1S/C9H21N.C3H8/c1-8(2)10-7-6-9(3,4)5;1-3-2/h8,10H,6-7H2,1-5H3;3H2,1-2H3. The molecule has 0 aromatic carbocycles. The van der Waals surface area contributed by atoms with Crippen molar-refractivity contribution in [2.24, 2.45) is 5.41 Å². The number of nitrogens with one attached hydrogen (secondary N) is 1. The topological polar surface area (TPSA) is 12.0 Å². The largest absolute Gasteiger partial charge is 0.315 e. The Hall–Kier alpha value is -0.0400. The molecule has 0 aliphatic rings. The minimum Gasteiger partial charge on any atom is -0.315 e. The molecule has 0 fully saturated rings. The number of hydrogen-bond donors (Lipinski definition) is 1. The molecule has 0 bridgehead atoms. The molecular formula is C12H29N. The van der Waals surface area contributed by atoms with Gasteiger partial charge in [0.15, 0.2) is 0 Å². The van der Waals surface area contributed by atoms with Gasteiger partial charge in [0, 0.05) is 6.04 Å². The van der Waals surface area contributed by atoms with Gasteiger partial charge in [0.25, 0.3) is 0 Å². The third-order valence-electron chi connectivity index (χ3n) is 1.43. The van der Waals surface area contributed by atoms with Crippen molar-refractivity contribution < 1.29 is 0 Å². The first-order valence-electron chi connectivity index (χ1n) is 5.56. The molecule has 82 valence electrons. The highest BCUT2D eigenvalue weighted by molar-refractivity contribution is 4.64. The van der Waals surface area contributed by atoms with Crippen molar-refractivity contribution in [1.29, 1.82) is 0 Å². The highest BCUT2D eigenvalue weighted by atomic mass is 14.9. The van der Waals surface area contributed by atoms with Gasteiger partial charge in [0.05, 0.1) is 0 Å². The Morgan fingerprint density at radius 1 is 1.08 bits per heavy atom. The van der Waals surface area contributed by atoms with E-state index in [1.165, 1.54) is 12.8 Å². The third kappa shape index (κ3) is 24.5. The molecule has 0 aliphatic carbocycles. The van der Waals surface area contributed by atoms with Gasteiger partial charge in [0.2, 0.25) is 0 Å². The van der Waals surface area contributed by atoms with Crippen LogP contribution in [0.2, 0.25) is 0 Å². The molecule has 0 atom stereocenters. The fourth-order valence-corrected chi connectivity index (χ4v) is 0.736. The quantitative estimate of drug-likeness (QED) is 0.708. The maximum absolute atomic E-state index is 3.40. The second-order valence-electron chi connectivity index (χ2n) is 5.13. The van der Waals surface area contributed by atoms with E-state index in [0.717, 1.165) is 6.54 Å². The Labute approximate surface area is 85.3 Å². The lowest BCUT2D eigenvalue weighted by Gasteiger charge is -2.19. The van der Waals surface area contributed by atoms with E-state index in [1.54, 1.807) is 0 Å². The van der Waals surface area contributed by atoms with Crippen LogP contribution in [-0.4, -0.2) is 12.6 Å². The minimum atomic E-state index is 0.474. The predicted octanol–water partition coefficient (Wildman–Crippen LogP) is 3.84. The average molecular weight is 187 g/mol. The Morgan fingerprint density at radius 3 is 1.69 bits per heavy atom. The van der Waals surface area contributed by atoms with E-state index in [1.807, 2.05) is 0 Å². The Bertz CT molecular complexity index is 89.8. The van der Waals surface area contributed by atoms with Crippen LogP contribution in [0.4, 0.5) is 0 Å². The lowest BCUT2D eigenvalue weighted by atomic mass is 9.92. The van der Waals surface area contributed by atoms with E-state index in [-0.39, 0.29) is 0 Å². The van der Waals surface area contributed by atoms with E-state index in [9.17, 15) is 0 Å². The van der Waals surface area contributed by atoms with E-state index in [4.69, 9.17) is 0 Å². The van der Waals surface area contributed by atoms with Crippen molar-refractivity contribution in [3.05, 3.63) is 0 Å². The van der Waals surface area contributed by atoms with Crippen LogP contribution in [0.25, 0.3) is 0 Å². The van der Waals surface area contributed by atoms with Crippen LogP contribution in [0, 0.1) is 5.41 Å². The molecule has 0 heterocycles. The van der Waals surface area contributed by atoms with Gasteiger partial charge in [-0.2, -0.15) is 0 Å². The maximum Gasteiger partial charge on any atom is 0.00103 e. The summed E-state index contributed by atoms with van der Waals surface area (Å²) in [5.41, 5.74) is 0.474. The molecule has 0 saturated carbocycles. The van der Waals surface area contributed by atoms with Gasteiger partial charge in [-0.1, -0.05) is 54.9 Å². The van der Waals surface area contributed by atoms with Gasteiger partial charge in [0.1, 0.15) is 0 Å². The predicted molar refractivity (Wildman–Crippen MR) is 63.2 cm³/mol. The molecule has 1 heteroatoms. The van der Waals surface area contributed by atoms with Crippen molar-refractivity contribution in [2.45, 2.75) is 67.3 Å². The summed E-state index contributed by atoms with van der Waals surface area (Å²) in [6.07, 6.45) is 2.51. The lowest BCUT2D eigenvalue weighted by molar-refractivity contribution is 0.360. The average Bonchev–Trinajstić information content (AvgIpc) is 1.84. The molecule has 0 aromatic heterocycles. The van der Waals surface area contributed by atoms with Gasteiger partial charge in [-0.3, -0.25) is 0 Å². The molecule has 0 unspecified atom stereocenters. The summed E-state index contributed by atoms with van der Waals surface area (Å²) in [6, 6.07) is 0.627. The fourth-order valence-electron chi connectivity index (χ4n) is 0.736. The normalized spacial score (nSPS) is 11.1. The summed E-state index contributed by atoms with van der Waals surface area (Å²) in [5, 5.41) is 3.40. The van der Waals surface area contributed by atoms with Gasteiger partial charge in [-0.15, -0.1) is 0 Å². The van der Waals surface area contributed by atoms with Crippen LogP contribution in [0.3, 0.4) is 0 Å². The smallest absolute Gasteiger partial charge is 0.00103 e. The zero-order chi connectivity index (χ0) is 10.9. The highest BCUT2D eigenvalue weighted by Crippen LogP contribution is 2.16. The summed E-state index contributed by atoms with van der Waals surface area (Å²) < 4.78 is 0. The van der Waals surface area contributed by atoms with Crippen molar-refractivity contribution >= 4 is 0 Å². The van der Waals surface area contributed by atoms with Crippen LogP contribution >= 0.6 is 0 Å². The third-order valence-corrected chi connectivity index (χ3v) is 1.43. The van der Waals surface area contributed by atoms with Crippen molar-refractivity contribution in [3.63, 3.8) is 0 Å². The summed E-state index contributed by atoms with van der Waals surface area (Å²) >= 11 is 0. The molecule has 0 saturated heterocycles. The highest BCUT2D eigenvalue weighted by Gasteiger charge is 2.08. The van der Waals surface area contributed by atoms with Crippen LogP contribution in [0.5, 0.6) is 0 Å².